The minimum Gasteiger partial charge on any atom is -0.368 e. The molecule has 18 heavy (non-hydrogen) atoms. The third-order valence-electron chi connectivity index (χ3n) is 3.39. The van der Waals surface area contributed by atoms with Gasteiger partial charge in [0, 0.05) is 33.2 Å². The number of piperazine rings is 1. The highest BCUT2D eigenvalue weighted by Crippen LogP contribution is 2.24. The van der Waals surface area contributed by atoms with Crippen LogP contribution in [0.5, 0.6) is 0 Å². The van der Waals surface area contributed by atoms with E-state index in [1.54, 1.807) is 4.68 Å². The van der Waals surface area contributed by atoms with Crippen LogP contribution in [-0.2, 0) is 7.05 Å². The van der Waals surface area contributed by atoms with Crippen LogP contribution in [0.1, 0.15) is 0 Å². The predicted molar refractivity (Wildman–Crippen MR) is 70.4 cm³/mol. The average molecular weight is 247 g/mol. The SMILES string of the molecule is CN1CCN(c2nc(N)nc3c2cnn3C)CC1. The maximum Gasteiger partial charge on any atom is 0.224 e. The summed E-state index contributed by atoms with van der Waals surface area (Å²) >= 11 is 0. The van der Waals surface area contributed by atoms with Gasteiger partial charge in [0.05, 0.1) is 11.6 Å². The van der Waals surface area contributed by atoms with Crippen molar-refractivity contribution >= 4 is 22.8 Å². The number of likely N-dealkylation sites (N-methyl/N-ethyl adjacent to an activating group) is 1. The predicted octanol–water partition coefficient (Wildman–Crippen LogP) is -0.303. The summed E-state index contributed by atoms with van der Waals surface area (Å²) in [6, 6.07) is 0. The first-order valence-corrected chi connectivity index (χ1v) is 6.04. The van der Waals surface area contributed by atoms with Gasteiger partial charge in [0.1, 0.15) is 5.82 Å². The van der Waals surface area contributed by atoms with Crippen LogP contribution in [0.2, 0.25) is 0 Å². The molecule has 3 heterocycles. The van der Waals surface area contributed by atoms with Crippen molar-refractivity contribution in [3.8, 4) is 0 Å². The van der Waals surface area contributed by atoms with Crippen molar-refractivity contribution in [3.63, 3.8) is 0 Å². The number of nitrogen functional groups attached to an aromatic ring is 1. The fourth-order valence-electron chi connectivity index (χ4n) is 2.28. The Labute approximate surface area is 105 Å². The van der Waals surface area contributed by atoms with Gasteiger partial charge in [-0.05, 0) is 7.05 Å². The van der Waals surface area contributed by atoms with E-state index in [9.17, 15) is 0 Å². The Balaban J connectivity index is 2.05. The van der Waals surface area contributed by atoms with Crippen molar-refractivity contribution < 1.29 is 0 Å². The third kappa shape index (κ3) is 1.76. The summed E-state index contributed by atoms with van der Waals surface area (Å²) in [5.41, 5.74) is 6.57. The molecule has 1 aliphatic rings. The fraction of sp³-hybridized carbons (Fsp3) is 0.545. The van der Waals surface area contributed by atoms with Gasteiger partial charge < -0.3 is 15.5 Å². The molecule has 2 aromatic rings. The summed E-state index contributed by atoms with van der Waals surface area (Å²) in [6.07, 6.45) is 1.81. The van der Waals surface area contributed by atoms with Crippen LogP contribution in [0.15, 0.2) is 6.20 Å². The van der Waals surface area contributed by atoms with Crippen LogP contribution in [0.25, 0.3) is 11.0 Å². The number of nitrogens with two attached hydrogens (primary N) is 1. The molecule has 0 aromatic carbocycles. The molecule has 0 bridgehead atoms. The standard InChI is InChI=1S/C11H17N7/c1-16-3-5-18(6-4-16)10-8-7-13-17(2)9(8)14-11(12)15-10/h7H,3-6H2,1-2H3,(H2,12,14,15). The lowest BCUT2D eigenvalue weighted by Gasteiger charge is -2.33. The van der Waals surface area contributed by atoms with Crippen LogP contribution in [0.4, 0.5) is 11.8 Å². The number of nitrogens with zero attached hydrogens (tertiary/aromatic N) is 6. The number of aromatic nitrogens is 4. The zero-order chi connectivity index (χ0) is 12.7. The van der Waals surface area contributed by atoms with Crippen LogP contribution >= 0.6 is 0 Å². The van der Waals surface area contributed by atoms with Crippen molar-refractivity contribution in [2.75, 3.05) is 43.9 Å². The van der Waals surface area contributed by atoms with Crippen molar-refractivity contribution in [1.29, 1.82) is 0 Å². The maximum absolute atomic E-state index is 5.79. The number of hydrogen-bond acceptors (Lipinski definition) is 6. The molecule has 1 saturated heterocycles. The topological polar surface area (TPSA) is 76.1 Å². The average Bonchev–Trinajstić information content (AvgIpc) is 2.71. The van der Waals surface area contributed by atoms with Gasteiger partial charge in [-0.25, -0.2) is 0 Å². The quantitative estimate of drug-likeness (QED) is 0.745. The number of anilines is 2. The van der Waals surface area contributed by atoms with Crippen molar-refractivity contribution in [2.45, 2.75) is 0 Å². The first-order valence-electron chi connectivity index (χ1n) is 6.04. The lowest BCUT2D eigenvalue weighted by molar-refractivity contribution is 0.312. The molecule has 0 unspecified atom stereocenters. The second-order valence-electron chi connectivity index (χ2n) is 4.70. The molecule has 0 atom stereocenters. The fourth-order valence-corrected chi connectivity index (χ4v) is 2.28. The Morgan fingerprint density at radius 2 is 1.83 bits per heavy atom. The highest BCUT2D eigenvalue weighted by Gasteiger charge is 2.20. The third-order valence-corrected chi connectivity index (χ3v) is 3.39. The van der Waals surface area contributed by atoms with Crippen LogP contribution in [0, 0.1) is 0 Å². The van der Waals surface area contributed by atoms with E-state index in [0.717, 1.165) is 43.0 Å². The van der Waals surface area contributed by atoms with Crippen molar-refractivity contribution in [3.05, 3.63) is 6.20 Å². The lowest BCUT2D eigenvalue weighted by atomic mass is 10.3. The van der Waals surface area contributed by atoms with Gasteiger partial charge >= 0.3 is 0 Å². The van der Waals surface area contributed by atoms with Crippen molar-refractivity contribution in [2.24, 2.45) is 7.05 Å². The number of aryl methyl sites for hydroxylation is 1. The highest BCUT2D eigenvalue weighted by molar-refractivity contribution is 5.87. The molecule has 0 aliphatic carbocycles. The molecule has 7 nitrogen and oxygen atoms in total. The monoisotopic (exact) mass is 247 g/mol. The normalized spacial score (nSPS) is 17.6. The molecule has 1 fully saturated rings. The van der Waals surface area contributed by atoms with Gasteiger partial charge in [-0.15, -0.1) is 0 Å². The van der Waals surface area contributed by atoms with Crippen LogP contribution in [-0.4, -0.2) is 57.9 Å². The Morgan fingerprint density at radius 1 is 1.11 bits per heavy atom. The molecule has 0 spiro atoms. The first-order chi connectivity index (χ1) is 8.65. The number of hydrogen-bond donors (Lipinski definition) is 1. The second-order valence-corrected chi connectivity index (χ2v) is 4.70. The molecule has 2 aromatic heterocycles. The van der Waals surface area contributed by atoms with E-state index in [1.165, 1.54) is 0 Å². The van der Waals surface area contributed by atoms with E-state index in [1.807, 2.05) is 13.2 Å². The summed E-state index contributed by atoms with van der Waals surface area (Å²) < 4.78 is 1.73. The summed E-state index contributed by atoms with van der Waals surface area (Å²) in [5, 5.41) is 5.20. The number of rotatable bonds is 1. The summed E-state index contributed by atoms with van der Waals surface area (Å²) in [6.45, 7) is 3.98. The van der Waals surface area contributed by atoms with E-state index in [2.05, 4.69) is 31.9 Å². The van der Waals surface area contributed by atoms with Crippen LogP contribution < -0.4 is 10.6 Å². The Bertz CT molecular complexity index is 568. The van der Waals surface area contributed by atoms with Crippen molar-refractivity contribution in [1.82, 2.24) is 24.6 Å². The van der Waals surface area contributed by atoms with E-state index < -0.39 is 0 Å². The molecule has 2 N–H and O–H groups in total. The minimum absolute atomic E-state index is 0.306. The van der Waals surface area contributed by atoms with Gasteiger partial charge in [-0.3, -0.25) is 4.68 Å². The van der Waals surface area contributed by atoms with E-state index in [-0.39, 0.29) is 0 Å². The first kappa shape index (κ1) is 11.2. The van der Waals surface area contributed by atoms with Gasteiger partial charge in [0.2, 0.25) is 5.95 Å². The molecule has 3 rings (SSSR count). The summed E-state index contributed by atoms with van der Waals surface area (Å²) in [4.78, 5) is 13.2. The molecule has 0 amide bonds. The second kappa shape index (κ2) is 4.09. The maximum atomic E-state index is 5.79. The van der Waals surface area contributed by atoms with Gasteiger partial charge in [-0.1, -0.05) is 0 Å². The molecular formula is C11H17N7. The molecule has 0 radical (unpaired) electrons. The van der Waals surface area contributed by atoms with E-state index in [0.29, 0.717) is 5.95 Å². The van der Waals surface area contributed by atoms with Gasteiger partial charge in [0.15, 0.2) is 5.65 Å². The molecule has 1 aliphatic heterocycles. The Hall–Kier alpha value is -1.89. The molecule has 0 saturated carbocycles. The smallest absolute Gasteiger partial charge is 0.224 e. The molecule has 96 valence electrons. The minimum atomic E-state index is 0.306. The number of fused-ring (bicyclic) bond motifs is 1. The van der Waals surface area contributed by atoms with Crippen LogP contribution in [0.3, 0.4) is 0 Å². The summed E-state index contributed by atoms with van der Waals surface area (Å²) in [5.74, 6) is 1.21. The molecular weight excluding hydrogens is 230 g/mol. The Kier molecular flexibility index (Phi) is 2.55. The van der Waals surface area contributed by atoms with E-state index in [4.69, 9.17) is 5.73 Å². The summed E-state index contributed by atoms with van der Waals surface area (Å²) in [7, 11) is 3.99. The zero-order valence-corrected chi connectivity index (χ0v) is 10.7. The Morgan fingerprint density at radius 3 is 2.56 bits per heavy atom. The largest absolute Gasteiger partial charge is 0.368 e. The zero-order valence-electron chi connectivity index (χ0n) is 10.7. The molecule has 7 heteroatoms. The lowest BCUT2D eigenvalue weighted by Crippen LogP contribution is -2.45. The van der Waals surface area contributed by atoms with Gasteiger partial charge in [0.25, 0.3) is 0 Å². The highest BCUT2D eigenvalue weighted by atomic mass is 15.3. The van der Waals surface area contributed by atoms with E-state index >= 15 is 0 Å². The van der Waals surface area contributed by atoms with Gasteiger partial charge in [-0.2, -0.15) is 15.1 Å².